The third-order valence-corrected chi connectivity index (χ3v) is 3.41. The molecule has 2 rings (SSSR count). The molecule has 0 saturated carbocycles. The molecule has 0 unspecified atom stereocenters. The summed E-state index contributed by atoms with van der Waals surface area (Å²) < 4.78 is 51.5. The normalized spacial score (nSPS) is 12.0. The lowest BCUT2D eigenvalue weighted by molar-refractivity contribution is -0.392. The van der Waals surface area contributed by atoms with Gasteiger partial charge >= 0.3 is 17.6 Å². The molecular weight excluding hydrogens is 376 g/mol. The molecule has 0 spiro atoms. The topological polar surface area (TPSA) is 111 Å². The van der Waals surface area contributed by atoms with E-state index in [0.29, 0.717) is 5.56 Å². The van der Waals surface area contributed by atoms with Gasteiger partial charge in [-0.1, -0.05) is 12.1 Å². The standard InChI is InChI=1S/C15H10F4N4O4/c1-8(9-2-4-11(16)5-3-9)20-21-14-12(22(24)25)6-10(15(17,18)19)7-13(14)23(26)27/h2-7,21H,1H3/b20-8-. The number of halogens is 4. The number of benzene rings is 2. The maximum atomic E-state index is 12.9. The molecule has 0 radical (unpaired) electrons. The average molecular weight is 386 g/mol. The van der Waals surface area contributed by atoms with Crippen LogP contribution in [0.2, 0.25) is 0 Å². The summed E-state index contributed by atoms with van der Waals surface area (Å²) in [4.78, 5) is 19.9. The summed E-state index contributed by atoms with van der Waals surface area (Å²) in [5, 5.41) is 26.0. The van der Waals surface area contributed by atoms with E-state index in [4.69, 9.17) is 0 Å². The molecule has 2 aromatic rings. The third kappa shape index (κ3) is 4.54. The van der Waals surface area contributed by atoms with Crippen molar-refractivity contribution in [1.82, 2.24) is 0 Å². The molecule has 0 aromatic heterocycles. The minimum atomic E-state index is -5.01. The fourth-order valence-electron chi connectivity index (χ4n) is 2.07. The first-order valence-corrected chi connectivity index (χ1v) is 7.11. The third-order valence-electron chi connectivity index (χ3n) is 3.41. The molecule has 0 aliphatic carbocycles. The van der Waals surface area contributed by atoms with Crippen molar-refractivity contribution in [3.05, 3.63) is 73.6 Å². The summed E-state index contributed by atoms with van der Waals surface area (Å²) in [7, 11) is 0. The predicted octanol–water partition coefficient (Wildman–Crippen LogP) is 4.50. The second-order valence-electron chi connectivity index (χ2n) is 5.22. The lowest BCUT2D eigenvalue weighted by Crippen LogP contribution is -2.10. The van der Waals surface area contributed by atoms with Gasteiger partial charge in [-0.25, -0.2) is 4.39 Å². The van der Waals surface area contributed by atoms with E-state index in [1.807, 2.05) is 0 Å². The maximum absolute atomic E-state index is 12.9. The first-order valence-electron chi connectivity index (χ1n) is 7.11. The van der Waals surface area contributed by atoms with Crippen LogP contribution < -0.4 is 5.43 Å². The van der Waals surface area contributed by atoms with Crippen molar-refractivity contribution >= 4 is 22.8 Å². The molecule has 0 saturated heterocycles. The van der Waals surface area contributed by atoms with E-state index >= 15 is 0 Å². The fourth-order valence-corrected chi connectivity index (χ4v) is 2.07. The van der Waals surface area contributed by atoms with Crippen LogP contribution in [0.3, 0.4) is 0 Å². The van der Waals surface area contributed by atoms with Gasteiger partial charge in [-0.15, -0.1) is 0 Å². The van der Waals surface area contributed by atoms with Gasteiger partial charge in [-0.2, -0.15) is 18.3 Å². The van der Waals surface area contributed by atoms with Crippen molar-refractivity contribution < 1.29 is 27.4 Å². The lowest BCUT2D eigenvalue weighted by atomic mass is 10.1. The zero-order valence-corrected chi connectivity index (χ0v) is 13.5. The minimum Gasteiger partial charge on any atom is -0.266 e. The fraction of sp³-hybridized carbons (Fsp3) is 0.133. The number of nitrogens with zero attached hydrogens (tertiary/aromatic N) is 3. The van der Waals surface area contributed by atoms with E-state index < -0.39 is 44.5 Å². The van der Waals surface area contributed by atoms with Crippen LogP contribution in [0.1, 0.15) is 18.1 Å². The van der Waals surface area contributed by atoms with Crippen LogP contribution in [0.15, 0.2) is 41.5 Å². The van der Waals surface area contributed by atoms with Gasteiger partial charge in [0.05, 0.1) is 21.1 Å². The van der Waals surface area contributed by atoms with Crippen molar-refractivity contribution in [2.75, 3.05) is 5.43 Å². The summed E-state index contributed by atoms with van der Waals surface area (Å²) in [6.07, 6.45) is -5.01. The monoisotopic (exact) mass is 386 g/mol. The zero-order valence-electron chi connectivity index (χ0n) is 13.5. The van der Waals surface area contributed by atoms with Crippen molar-refractivity contribution in [2.45, 2.75) is 13.1 Å². The molecule has 8 nitrogen and oxygen atoms in total. The second-order valence-corrected chi connectivity index (χ2v) is 5.22. The Balaban J connectivity index is 2.54. The Morgan fingerprint density at radius 3 is 1.93 bits per heavy atom. The molecule has 0 aliphatic rings. The molecular formula is C15H10F4N4O4. The van der Waals surface area contributed by atoms with Gasteiger partial charge in [0.1, 0.15) is 5.82 Å². The SMILES string of the molecule is C/C(=N/Nc1c([N+](=O)[O-])cc(C(F)(F)F)cc1[N+](=O)[O-])c1ccc(F)cc1. The van der Waals surface area contributed by atoms with Crippen molar-refractivity contribution in [1.29, 1.82) is 0 Å². The molecule has 0 aliphatic heterocycles. The molecule has 1 N–H and O–H groups in total. The number of hydrogen-bond donors (Lipinski definition) is 1. The highest BCUT2D eigenvalue weighted by molar-refractivity contribution is 5.99. The molecule has 0 fully saturated rings. The van der Waals surface area contributed by atoms with E-state index in [2.05, 4.69) is 10.5 Å². The number of hydrogen-bond acceptors (Lipinski definition) is 6. The van der Waals surface area contributed by atoms with Crippen LogP contribution in [0.5, 0.6) is 0 Å². The Kier molecular flexibility index (Phi) is 5.38. The predicted molar refractivity (Wildman–Crippen MR) is 87.0 cm³/mol. The first-order chi connectivity index (χ1) is 12.5. The number of hydrazone groups is 1. The quantitative estimate of drug-likeness (QED) is 0.352. The van der Waals surface area contributed by atoms with Gasteiger partial charge in [0.2, 0.25) is 5.69 Å². The molecule has 142 valence electrons. The molecule has 2 aromatic carbocycles. The number of nitro benzene ring substituents is 2. The second kappa shape index (κ2) is 7.35. The Morgan fingerprint density at radius 1 is 1.04 bits per heavy atom. The number of anilines is 1. The Labute approximate surface area is 148 Å². The van der Waals surface area contributed by atoms with E-state index in [0.717, 1.165) is 12.1 Å². The van der Waals surface area contributed by atoms with Gasteiger partial charge in [0.15, 0.2) is 0 Å². The molecule has 0 atom stereocenters. The van der Waals surface area contributed by atoms with Crippen LogP contribution in [0.25, 0.3) is 0 Å². The summed E-state index contributed by atoms with van der Waals surface area (Å²) in [6.45, 7) is 1.42. The van der Waals surface area contributed by atoms with Crippen molar-refractivity contribution in [3.8, 4) is 0 Å². The van der Waals surface area contributed by atoms with Gasteiger partial charge < -0.3 is 0 Å². The Bertz CT molecular complexity index is 891. The summed E-state index contributed by atoms with van der Waals surface area (Å²) in [5.41, 5.74) is -2.03. The summed E-state index contributed by atoms with van der Waals surface area (Å²) in [5.74, 6) is -0.520. The zero-order chi connectivity index (χ0) is 20.4. The van der Waals surface area contributed by atoms with E-state index in [-0.39, 0.29) is 17.8 Å². The number of rotatable bonds is 5. The van der Waals surface area contributed by atoms with Gasteiger partial charge in [0.25, 0.3) is 0 Å². The molecule has 27 heavy (non-hydrogen) atoms. The van der Waals surface area contributed by atoms with Crippen LogP contribution in [-0.2, 0) is 6.18 Å². The summed E-state index contributed by atoms with van der Waals surface area (Å²) in [6, 6.07) is 5.28. The van der Waals surface area contributed by atoms with E-state index in [1.54, 1.807) is 0 Å². The summed E-state index contributed by atoms with van der Waals surface area (Å²) >= 11 is 0. The van der Waals surface area contributed by atoms with Crippen LogP contribution in [0.4, 0.5) is 34.6 Å². The highest BCUT2D eigenvalue weighted by atomic mass is 19.4. The Hall–Kier alpha value is -3.57. The molecule has 12 heteroatoms. The first kappa shape index (κ1) is 19.8. The van der Waals surface area contributed by atoms with Crippen LogP contribution in [0, 0.1) is 26.0 Å². The lowest BCUT2D eigenvalue weighted by Gasteiger charge is -2.10. The number of nitro groups is 2. The van der Waals surface area contributed by atoms with Crippen molar-refractivity contribution in [3.63, 3.8) is 0 Å². The largest absolute Gasteiger partial charge is 0.416 e. The molecule has 0 bridgehead atoms. The average Bonchev–Trinajstić information content (AvgIpc) is 2.58. The maximum Gasteiger partial charge on any atom is 0.416 e. The molecule has 0 heterocycles. The highest BCUT2D eigenvalue weighted by Crippen LogP contribution is 2.41. The van der Waals surface area contributed by atoms with Crippen LogP contribution in [-0.4, -0.2) is 15.6 Å². The highest BCUT2D eigenvalue weighted by Gasteiger charge is 2.37. The van der Waals surface area contributed by atoms with Crippen LogP contribution >= 0.6 is 0 Å². The number of nitrogens with one attached hydrogen (secondary N) is 1. The van der Waals surface area contributed by atoms with Gasteiger partial charge in [-0.3, -0.25) is 25.7 Å². The molecule has 0 amide bonds. The Morgan fingerprint density at radius 2 is 1.52 bits per heavy atom. The van der Waals surface area contributed by atoms with Gasteiger partial charge in [0, 0.05) is 12.1 Å². The van der Waals surface area contributed by atoms with E-state index in [9.17, 15) is 37.8 Å². The smallest absolute Gasteiger partial charge is 0.266 e. The van der Waals surface area contributed by atoms with Gasteiger partial charge in [-0.05, 0) is 24.6 Å². The number of alkyl halides is 3. The van der Waals surface area contributed by atoms with Crippen molar-refractivity contribution in [2.24, 2.45) is 5.10 Å². The minimum absolute atomic E-state index is 0.165. The van der Waals surface area contributed by atoms with E-state index in [1.165, 1.54) is 19.1 Å².